The zero-order chi connectivity index (χ0) is 9.98. The van der Waals surface area contributed by atoms with E-state index in [9.17, 15) is 0 Å². The van der Waals surface area contributed by atoms with E-state index in [1.165, 1.54) is 0 Å². The van der Waals surface area contributed by atoms with Gasteiger partial charge in [0.25, 0.3) is 0 Å². The van der Waals surface area contributed by atoms with E-state index in [-0.39, 0.29) is 19.8 Å². The lowest BCUT2D eigenvalue weighted by Gasteiger charge is -1.97. The molecule has 0 aliphatic rings. The van der Waals surface area contributed by atoms with E-state index < -0.39 is 12.2 Å². The lowest BCUT2D eigenvalue weighted by atomic mass is 10.3. The summed E-state index contributed by atoms with van der Waals surface area (Å²) in [4.78, 5) is 0. The number of hydrogen-bond donors (Lipinski definition) is 5. The van der Waals surface area contributed by atoms with Crippen LogP contribution in [-0.4, -0.2) is 57.6 Å². The lowest BCUT2D eigenvalue weighted by molar-refractivity contribution is 0.0450. The Morgan fingerprint density at radius 1 is 0.833 bits per heavy atom. The first-order chi connectivity index (χ1) is 5.62. The van der Waals surface area contributed by atoms with E-state index in [2.05, 4.69) is 0 Å². The van der Waals surface area contributed by atoms with Crippen LogP contribution in [0.15, 0.2) is 0 Å². The van der Waals surface area contributed by atoms with Gasteiger partial charge in [-0.05, 0) is 6.42 Å². The Bertz CT molecular complexity index is 60.2. The third-order valence-electron chi connectivity index (χ3n) is 1.10. The fraction of sp³-hybridized carbons (Fsp3) is 1.00. The predicted molar refractivity (Wildman–Crippen MR) is 43.6 cm³/mol. The van der Waals surface area contributed by atoms with Crippen LogP contribution in [0.5, 0.6) is 0 Å². The first-order valence-electron chi connectivity index (χ1n) is 3.81. The Balaban J connectivity index is 0. The van der Waals surface area contributed by atoms with E-state index in [0.29, 0.717) is 6.42 Å². The summed E-state index contributed by atoms with van der Waals surface area (Å²) in [6.07, 6.45) is -0.828. The van der Waals surface area contributed by atoms with Crippen molar-refractivity contribution >= 4 is 0 Å². The Morgan fingerprint density at radius 3 is 1.17 bits per heavy atom. The van der Waals surface area contributed by atoms with Gasteiger partial charge in [0.1, 0.15) is 6.10 Å². The number of hydrogen-bond acceptors (Lipinski definition) is 5. The number of aliphatic hydroxyl groups is 5. The quantitative estimate of drug-likeness (QED) is 0.349. The highest BCUT2D eigenvalue weighted by atomic mass is 16.3. The Hall–Kier alpha value is -0.200. The topological polar surface area (TPSA) is 101 Å². The fourth-order valence-corrected chi connectivity index (χ4v) is 0.187. The zero-order valence-corrected chi connectivity index (χ0v) is 7.22. The lowest BCUT2D eigenvalue weighted by Crippen LogP contribution is -2.15. The summed E-state index contributed by atoms with van der Waals surface area (Å²) in [5.74, 6) is 0. The second kappa shape index (κ2) is 10.8. The molecule has 0 aliphatic carbocycles. The number of rotatable bonds is 4. The summed E-state index contributed by atoms with van der Waals surface area (Å²) < 4.78 is 0. The Labute approximate surface area is 71.9 Å². The van der Waals surface area contributed by atoms with E-state index in [0.717, 1.165) is 0 Å². The predicted octanol–water partition coefficient (Wildman–Crippen LogP) is -1.92. The minimum atomic E-state index is -0.954. The van der Waals surface area contributed by atoms with Gasteiger partial charge in [0.15, 0.2) is 0 Å². The first-order valence-corrected chi connectivity index (χ1v) is 3.81. The molecule has 12 heavy (non-hydrogen) atoms. The monoisotopic (exact) mass is 182 g/mol. The largest absolute Gasteiger partial charge is 0.394 e. The van der Waals surface area contributed by atoms with Gasteiger partial charge in [0, 0.05) is 0 Å². The molecule has 0 saturated carbocycles. The molecule has 0 fully saturated rings. The Kier molecular flexibility index (Phi) is 12.9. The van der Waals surface area contributed by atoms with Gasteiger partial charge in [-0.25, -0.2) is 0 Å². The van der Waals surface area contributed by atoms with Crippen molar-refractivity contribution in [3.63, 3.8) is 0 Å². The van der Waals surface area contributed by atoms with Crippen LogP contribution in [0.4, 0.5) is 0 Å². The maximum atomic E-state index is 8.42. The smallest absolute Gasteiger partial charge is 0.100 e. The van der Waals surface area contributed by atoms with E-state index in [1.54, 1.807) is 0 Å². The second-order valence-corrected chi connectivity index (χ2v) is 2.26. The molecule has 5 nitrogen and oxygen atoms in total. The molecule has 0 bridgehead atoms. The van der Waals surface area contributed by atoms with Crippen molar-refractivity contribution < 1.29 is 25.5 Å². The van der Waals surface area contributed by atoms with Gasteiger partial charge >= 0.3 is 0 Å². The number of aliphatic hydroxyl groups excluding tert-OH is 5. The zero-order valence-electron chi connectivity index (χ0n) is 7.22. The molecule has 76 valence electrons. The minimum absolute atomic E-state index is 0.115. The van der Waals surface area contributed by atoms with Gasteiger partial charge in [-0.2, -0.15) is 0 Å². The van der Waals surface area contributed by atoms with Gasteiger partial charge in [0.05, 0.1) is 25.9 Å². The summed E-state index contributed by atoms with van der Waals surface area (Å²) in [6, 6.07) is 0. The fourth-order valence-electron chi connectivity index (χ4n) is 0.187. The Morgan fingerprint density at radius 2 is 1.17 bits per heavy atom. The highest BCUT2D eigenvalue weighted by molar-refractivity contribution is 4.44. The molecule has 0 aromatic heterocycles. The average Bonchev–Trinajstić information content (AvgIpc) is 2.16. The summed E-state index contributed by atoms with van der Waals surface area (Å²) in [5.41, 5.74) is 0. The van der Waals surface area contributed by atoms with Crippen LogP contribution in [-0.2, 0) is 0 Å². The van der Waals surface area contributed by atoms with Crippen molar-refractivity contribution in [2.75, 3.05) is 19.8 Å². The third kappa shape index (κ3) is 12.5. The van der Waals surface area contributed by atoms with Crippen LogP contribution in [0.25, 0.3) is 0 Å². The SMILES string of the molecule is CCC(O)CO.OCC(O)CO. The molecular weight excluding hydrogens is 164 g/mol. The molecule has 0 rings (SSSR count). The van der Waals surface area contributed by atoms with Crippen molar-refractivity contribution in [1.29, 1.82) is 0 Å². The highest BCUT2D eigenvalue weighted by Gasteiger charge is 1.93. The normalized spacial score (nSPS) is 12.2. The van der Waals surface area contributed by atoms with Crippen molar-refractivity contribution in [2.24, 2.45) is 0 Å². The molecule has 0 amide bonds. The standard InChI is InChI=1S/C4H10O2.C3H8O3/c1-2-4(6)3-5;4-1-3(6)2-5/h4-6H,2-3H2,1H3;3-6H,1-2H2. The van der Waals surface area contributed by atoms with E-state index in [4.69, 9.17) is 25.5 Å². The van der Waals surface area contributed by atoms with Gasteiger partial charge in [-0.3, -0.25) is 0 Å². The third-order valence-corrected chi connectivity index (χ3v) is 1.10. The molecule has 0 saturated heterocycles. The first kappa shape index (κ1) is 14.3. The molecule has 1 atom stereocenters. The molecular formula is C7H18O5. The van der Waals surface area contributed by atoms with Crippen molar-refractivity contribution in [3.8, 4) is 0 Å². The maximum absolute atomic E-state index is 8.42. The van der Waals surface area contributed by atoms with Crippen LogP contribution in [0.2, 0.25) is 0 Å². The second-order valence-electron chi connectivity index (χ2n) is 2.26. The van der Waals surface area contributed by atoms with E-state index >= 15 is 0 Å². The molecule has 0 aliphatic heterocycles. The molecule has 0 heterocycles. The molecule has 0 radical (unpaired) electrons. The molecule has 0 aromatic rings. The van der Waals surface area contributed by atoms with E-state index in [1.807, 2.05) is 6.92 Å². The van der Waals surface area contributed by atoms with Crippen molar-refractivity contribution in [2.45, 2.75) is 25.6 Å². The molecule has 0 aromatic carbocycles. The summed E-state index contributed by atoms with van der Waals surface area (Å²) in [5, 5.41) is 40.5. The molecule has 0 spiro atoms. The summed E-state index contributed by atoms with van der Waals surface area (Å²) in [7, 11) is 0. The van der Waals surface area contributed by atoms with Crippen LogP contribution in [0, 0.1) is 0 Å². The van der Waals surface area contributed by atoms with Crippen LogP contribution >= 0.6 is 0 Å². The molecule has 1 unspecified atom stereocenters. The molecule has 5 heteroatoms. The molecule has 5 N–H and O–H groups in total. The highest BCUT2D eigenvalue weighted by Crippen LogP contribution is 1.83. The van der Waals surface area contributed by atoms with Gasteiger partial charge in [-0.1, -0.05) is 6.92 Å². The maximum Gasteiger partial charge on any atom is 0.100 e. The van der Waals surface area contributed by atoms with Crippen LogP contribution in [0.3, 0.4) is 0 Å². The van der Waals surface area contributed by atoms with Gasteiger partial charge in [0.2, 0.25) is 0 Å². The van der Waals surface area contributed by atoms with Crippen LogP contribution < -0.4 is 0 Å². The minimum Gasteiger partial charge on any atom is -0.394 e. The average molecular weight is 182 g/mol. The van der Waals surface area contributed by atoms with Crippen molar-refractivity contribution in [1.82, 2.24) is 0 Å². The van der Waals surface area contributed by atoms with Gasteiger partial charge < -0.3 is 25.5 Å². The summed E-state index contributed by atoms with van der Waals surface area (Å²) >= 11 is 0. The van der Waals surface area contributed by atoms with Crippen LogP contribution in [0.1, 0.15) is 13.3 Å². The van der Waals surface area contributed by atoms with Crippen molar-refractivity contribution in [3.05, 3.63) is 0 Å². The van der Waals surface area contributed by atoms with Gasteiger partial charge in [-0.15, -0.1) is 0 Å². The summed E-state index contributed by atoms with van der Waals surface area (Å²) in [6.45, 7) is 0.977.